The van der Waals surface area contributed by atoms with E-state index in [9.17, 15) is 8.78 Å². The van der Waals surface area contributed by atoms with Gasteiger partial charge in [0.05, 0.1) is 0 Å². The number of likely N-dealkylation sites (tertiary alicyclic amines) is 1. The van der Waals surface area contributed by atoms with E-state index in [2.05, 4.69) is 18.7 Å². The van der Waals surface area contributed by atoms with Crippen molar-refractivity contribution in [1.82, 2.24) is 4.90 Å². The molecule has 1 aliphatic heterocycles. The number of halogens is 2. The molecule has 1 saturated heterocycles. The topological polar surface area (TPSA) is 29.3 Å². The highest BCUT2D eigenvalue weighted by Crippen LogP contribution is 2.28. The van der Waals surface area contributed by atoms with Crippen molar-refractivity contribution >= 4 is 0 Å². The molecule has 1 aromatic carbocycles. The number of nitrogens with two attached hydrogens (primary N) is 1. The molecular formula is C16H24F2N2. The summed E-state index contributed by atoms with van der Waals surface area (Å²) in [7, 11) is 0. The lowest BCUT2D eigenvalue weighted by molar-refractivity contribution is 0.0998. The van der Waals surface area contributed by atoms with E-state index in [0.717, 1.165) is 25.6 Å². The van der Waals surface area contributed by atoms with Gasteiger partial charge in [-0.15, -0.1) is 0 Å². The largest absolute Gasteiger partial charge is 0.326 e. The molecule has 0 bridgehead atoms. The molecule has 4 heteroatoms. The summed E-state index contributed by atoms with van der Waals surface area (Å²) in [5, 5.41) is 0. The minimum absolute atomic E-state index is 0.112. The summed E-state index contributed by atoms with van der Waals surface area (Å²) in [6.45, 7) is 6.42. The van der Waals surface area contributed by atoms with Crippen LogP contribution in [0.15, 0.2) is 18.2 Å². The molecule has 1 heterocycles. The van der Waals surface area contributed by atoms with Crippen molar-refractivity contribution in [2.24, 2.45) is 5.73 Å². The molecule has 20 heavy (non-hydrogen) atoms. The highest BCUT2D eigenvalue weighted by molar-refractivity contribution is 5.20. The summed E-state index contributed by atoms with van der Waals surface area (Å²) in [5.41, 5.74) is 6.91. The molecule has 2 nitrogen and oxygen atoms in total. The van der Waals surface area contributed by atoms with Crippen LogP contribution in [0.2, 0.25) is 0 Å². The molecule has 0 amide bonds. The fourth-order valence-corrected chi connectivity index (χ4v) is 3.15. The maximum absolute atomic E-state index is 13.3. The Bertz CT molecular complexity index is 438. The van der Waals surface area contributed by atoms with E-state index in [4.69, 9.17) is 5.73 Å². The van der Waals surface area contributed by atoms with Gasteiger partial charge in [-0.2, -0.15) is 0 Å². The lowest BCUT2D eigenvalue weighted by atomic mass is 9.84. The molecule has 0 spiro atoms. The highest BCUT2D eigenvalue weighted by Gasteiger charge is 2.37. The van der Waals surface area contributed by atoms with Crippen molar-refractivity contribution in [1.29, 1.82) is 0 Å². The zero-order chi connectivity index (χ0) is 14.8. The molecule has 0 radical (unpaired) electrons. The maximum atomic E-state index is 13.3. The molecule has 1 aliphatic rings. The number of hydrogen-bond donors (Lipinski definition) is 1. The smallest absolute Gasteiger partial charge is 0.126 e. The average molecular weight is 282 g/mol. The Morgan fingerprint density at radius 3 is 2.25 bits per heavy atom. The lowest BCUT2D eigenvalue weighted by Crippen LogP contribution is -2.57. The van der Waals surface area contributed by atoms with Gasteiger partial charge in [-0.05, 0) is 63.4 Å². The third-order valence-corrected chi connectivity index (χ3v) is 4.72. The van der Waals surface area contributed by atoms with Gasteiger partial charge >= 0.3 is 0 Å². The molecule has 1 fully saturated rings. The zero-order valence-corrected chi connectivity index (χ0v) is 12.3. The molecule has 2 atom stereocenters. The van der Waals surface area contributed by atoms with Gasteiger partial charge in [0.1, 0.15) is 11.6 Å². The van der Waals surface area contributed by atoms with E-state index in [1.807, 2.05) is 0 Å². The second kappa shape index (κ2) is 6.19. The van der Waals surface area contributed by atoms with Crippen molar-refractivity contribution in [3.63, 3.8) is 0 Å². The summed E-state index contributed by atoms with van der Waals surface area (Å²) >= 11 is 0. The van der Waals surface area contributed by atoms with Gasteiger partial charge in [-0.25, -0.2) is 8.78 Å². The Morgan fingerprint density at radius 2 is 1.75 bits per heavy atom. The van der Waals surface area contributed by atoms with E-state index >= 15 is 0 Å². The Labute approximate surface area is 120 Å². The molecule has 0 aromatic heterocycles. The number of hydrogen-bond acceptors (Lipinski definition) is 2. The highest BCUT2D eigenvalue weighted by atomic mass is 19.1. The number of benzene rings is 1. The normalized spacial score (nSPS) is 20.9. The van der Waals surface area contributed by atoms with E-state index in [-0.39, 0.29) is 11.6 Å². The molecule has 1 aromatic rings. The van der Waals surface area contributed by atoms with Gasteiger partial charge in [0.25, 0.3) is 0 Å². The third kappa shape index (κ3) is 3.18. The van der Waals surface area contributed by atoms with E-state index in [0.29, 0.717) is 12.0 Å². The summed E-state index contributed by atoms with van der Waals surface area (Å²) in [5.74, 6) is -1.07. The van der Waals surface area contributed by atoms with Crippen molar-refractivity contribution in [3.05, 3.63) is 35.4 Å². The monoisotopic (exact) mass is 282 g/mol. The molecule has 0 saturated carbocycles. The Morgan fingerprint density at radius 1 is 1.20 bits per heavy atom. The molecule has 2 N–H and O–H groups in total. The first kappa shape index (κ1) is 15.4. The van der Waals surface area contributed by atoms with Crippen LogP contribution in [0, 0.1) is 11.6 Å². The van der Waals surface area contributed by atoms with Crippen LogP contribution in [0.3, 0.4) is 0 Å². The van der Waals surface area contributed by atoms with Gasteiger partial charge in [-0.1, -0.05) is 6.92 Å². The Balaban J connectivity index is 2.14. The van der Waals surface area contributed by atoms with Gasteiger partial charge in [0.15, 0.2) is 0 Å². The molecule has 112 valence electrons. The number of nitrogens with zero attached hydrogens (tertiary/aromatic N) is 1. The second-order valence-corrected chi connectivity index (χ2v) is 5.99. The molecular weight excluding hydrogens is 258 g/mol. The fourth-order valence-electron chi connectivity index (χ4n) is 3.15. The summed E-state index contributed by atoms with van der Waals surface area (Å²) in [4.78, 5) is 2.42. The molecule has 2 rings (SSSR count). The van der Waals surface area contributed by atoms with Crippen LogP contribution < -0.4 is 5.73 Å². The van der Waals surface area contributed by atoms with Crippen LogP contribution in [0.4, 0.5) is 8.78 Å². The first-order chi connectivity index (χ1) is 9.45. The molecule has 2 unspecified atom stereocenters. The first-order valence-corrected chi connectivity index (χ1v) is 7.41. The van der Waals surface area contributed by atoms with Crippen LogP contribution in [-0.2, 0) is 6.42 Å². The van der Waals surface area contributed by atoms with Crippen molar-refractivity contribution in [3.8, 4) is 0 Å². The van der Waals surface area contributed by atoms with Crippen LogP contribution in [0.25, 0.3) is 0 Å². The average Bonchev–Trinajstić information content (AvgIpc) is 2.90. The summed E-state index contributed by atoms with van der Waals surface area (Å²) in [6.07, 6.45) is 3.84. The van der Waals surface area contributed by atoms with Crippen molar-refractivity contribution in [2.45, 2.75) is 51.1 Å². The zero-order valence-electron chi connectivity index (χ0n) is 12.3. The third-order valence-electron chi connectivity index (χ3n) is 4.72. The molecule has 0 aliphatic carbocycles. The SMILES string of the molecule is CCC(C)(C(N)Cc1cc(F)cc(F)c1)N1CCCC1. The van der Waals surface area contributed by atoms with E-state index < -0.39 is 11.6 Å². The predicted molar refractivity (Wildman–Crippen MR) is 77.5 cm³/mol. The standard InChI is InChI=1S/C16H24F2N2/c1-3-16(2,20-6-4-5-7-20)15(19)10-12-8-13(17)11-14(18)9-12/h8-9,11,15H,3-7,10,19H2,1-2H3. The van der Waals surface area contributed by atoms with Crippen molar-refractivity contribution in [2.75, 3.05) is 13.1 Å². The fraction of sp³-hybridized carbons (Fsp3) is 0.625. The first-order valence-electron chi connectivity index (χ1n) is 7.41. The summed E-state index contributed by atoms with van der Waals surface area (Å²) in [6, 6.07) is 3.52. The predicted octanol–water partition coefficient (Wildman–Crippen LogP) is 3.10. The summed E-state index contributed by atoms with van der Waals surface area (Å²) < 4.78 is 26.5. The van der Waals surface area contributed by atoms with Crippen LogP contribution in [0.1, 0.15) is 38.7 Å². The number of rotatable bonds is 5. The minimum atomic E-state index is -0.536. The second-order valence-electron chi connectivity index (χ2n) is 5.99. The van der Waals surface area contributed by atoms with Gasteiger partial charge in [0.2, 0.25) is 0 Å². The van der Waals surface area contributed by atoms with Crippen LogP contribution >= 0.6 is 0 Å². The quantitative estimate of drug-likeness (QED) is 0.899. The van der Waals surface area contributed by atoms with E-state index in [1.165, 1.54) is 25.0 Å². The van der Waals surface area contributed by atoms with E-state index in [1.54, 1.807) is 0 Å². The Hall–Kier alpha value is -1.00. The van der Waals surface area contributed by atoms with Crippen molar-refractivity contribution < 1.29 is 8.78 Å². The van der Waals surface area contributed by atoms with Gasteiger partial charge in [-0.3, -0.25) is 4.90 Å². The van der Waals surface area contributed by atoms with Gasteiger partial charge < -0.3 is 5.73 Å². The lowest BCUT2D eigenvalue weighted by Gasteiger charge is -2.43. The van der Waals surface area contributed by atoms with Crippen LogP contribution in [0.5, 0.6) is 0 Å². The minimum Gasteiger partial charge on any atom is -0.326 e. The van der Waals surface area contributed by atoms with Crippen LogP contribution in [-0.4, -0.2) is 29.6 Å². The Kier molecular flexibility index (Phi) is 4.76. The maximum Gasteiger partial charge on any atom is 0.126 e. The van der Waals surface area contributed by atoms with Gasteiger partial charge in [0, 0.05) is 17.6 Å².